The molecule has 0 fully saturated rings. The lowest BCUT2D eigenvalue weighted by molar-refractivity contribution is -0.122. The zero-order valence-corrected chi connectivity index (χ0v) is 14.0. The summed E-state index contributed by atoms with van der Waals surface area (Å²) in [7, 11) is 0. The number of hydrogen-bond donors (Lipinski definition) is 2. The second-order valence-corrected chi connectivity index (χ2v) is 5.74. The zero-order chi connectivity index (χ0) is 16.1. The minimum Gasteiger partial charge on any atom is -0.273 e. The van der Waals surface area contributed by atoms with Gasteiger partial charge in [-0.05, 0) is 48.0 Å². The van der Waals surface area contributed by atoms with Crippen molar-refractivity contribution in [2.24, 2.45) is 0 Å². The first-order chi connectivity index (χ1) is 10.5. The highest BCUT2D eigenvalue weighted by Gasteiger charge is 2.10. The van der Waals surface area contributed by atoms with Gasteiger partial charge in [0, 0.05) is 16.6 Å². The van der Waals surface area contributed by atoms with Gasteiger partial charge in [0.2, 0.25) is 5.91 Å². The van der Waals surface area contributed by atoms with Crippen LogP contribution in [0.15, 0.2) is 34.8 Å². The standard InChI is InChI=1S/C15H17BrN4O2/c1-10-9-11(2)20(19-10)8-7-14(21)17-18-15(22)12-5-3-4-6-13(12)16/h3-6,9H,7-8H2,1-2H3,(H,17,21)(H,18,22). The van der Waals surface area contributed by atoms with E-state index in [0.717, 1.165) is 11.4 Å². The molecule has 116 valence electrons. The lowest BCUT2D eigenvalue weighted by Crippen LogP contribution is -2.42. The van der Waals surface area contributed by atoms with E-state index < -0.39 is 0 Å². The summed E-state index contributed by atoms with van der Waals surface area (Å²) < 4.78 is 2.44. The molecule has 2 rings (SSSR count). The van der Waals surface area contributed by atoms with Crippen LogP contribution < -0.4 is 10.9 Å². The van der Waals surface area contributed by atoms with Crippen molar-refractivity contribution >= 4 is 27.7 Å². The molecule has 0 bridgehead atoms. The Kier molecular flexibility index (Phi) is 5.32. The van der Waals surface area contributed by atoms with Crippen LogP contribution in [0.3, 0.4) is 0 Å². The van der Waals surface area contributed by atoms with E-state index in [1.54, 1.807) is 22.9 Å². The van der Waals surface area contributed by atoms with Crippen LogP contribution in [-0.4, -0.2) is 21.6 Å². The number of amides is 2. The number of rotatable bonds is 4. The minimum absolute atomic E-state index is 0.234. The number of carbonyl (C=O) groups is 2. The SMILES string of the molecule is Cc1cc(C)n(CCC(=O)NNC(=O)c2ccccc2Br)n1. The molecule has 22 heavy (non-hydrogen) atoms. The molecule has 0 unspecified atom stereocenters. The summed E-state index contributed by atoms with van der Waals surface area (Å²) in [4.78, 5) is 23.7. The molecule has 2 amide bonds. The highest BCUT2D eigenvalue weighted by Crippen LogP contribution is 2.15. The van der Waals surface area contributed by atoms with Crippen molar-refractivity contribution < 1.29 is 9.59 Å². The summed E-state index contributed by atoms with van der Waals surface area (Å²) in [5, 5.41) is 4.28. The maximum Gasteiger partial charge on any atom is 0.270 e. The highest BCUT2D eigenvalue weighted by atomic mass is 79.9. The van der Waals surface area contributed by atoms with E-state index in [4.69, 9.17) is 0 Å². The van der Waals surface area contributed by atoms with E-state index in [9.17, 15) is 9.59 Å². The molecular formula is C15H17BrN4O2. The van der Waals surface area contributed by atoms with Gasteiger partial charge in [0.25, 0.3) is 5.91 Å². The molecule has 0 radical (unpaired) electrons. The number of hydrogen-bond acceptors (Lipinski definition) is 3. The Labute approximate surface area is 137 Å². The van der Waals surface area contributed by atoms with Crippen molar-refractivity contribution in [3.8, 4) is 0 Å². The van der Waals surface area contributed by atoms with Gasteiger partial charge < -0.3 is 0 Å². The average molecular weight is 365 g/mol. The lowest BCUT2D eigenvalue weighted by Gasteiger charge is -2.09. The largest absolute Gasteiger partial charge is 0.273 e. The van der Waals surface area contributed by atoms with Crippen LogP contribution in [0, 0.1) is 13.8 Å². The number of aryl methyl sites for hydroxylation is 3. The number of nitrogens with zero attached hydrogens (tertiary/aromatic N) is 2. The van der Waals surface area contributed by atoms with E-state index in [-0.39, 0.29) is 18.2 Å². The molecule has 2 aromatic rings. The molecule has 0 aliphatic heterocycles. The van der Waals surface area contributed by atoms with Gasteiger partial charge in [-0.3, -0.25) is 25.1 Å². The van der Waals surface area contributed by atoms with Crippen molar-refractivity contribution in [2.45, 2.75) is 26.8 Å². The Balaban J connectivity index is 1.82. The van der Waals surface area contributed by atoms with Crippen LogP contribution in [0.5, 0.6) is 0 Å². The van der Waals surface area contributed by atoms with Gasteiger partial charge in [0.05, 0.1) is 17.8 Å². The Hall–Kier alpha value is -2.15. The third-order valence-corrected chi connectivity index (χ3v) is 3.78. The number of halogens is 1. The number of nitrogens with one attached hydrogen (secondary N) is 2. The predicted octanol–water partition coefficient (Wildman–Crippen LogP) is 2.11. The summed E-state index contributed by atoms with van der Waals surface area (Å²) in [6.45, 7) is 4.31. The van der Waals surface area contributed by atoms with Crippen LogP contribution >= 0.6 is 15.9 Å². The normalized spacial score (nSPS) is 10.3. The van der Waals surface area contributed by atoms with Crippen LogP contribution in [-0.2, 0) is 11.3 Å². The third-order valence-electron chi connectivity index (χ3n) is 3.09. The van der Waals surface area contributed by atoms with E-state index in [1.807, 2.05) is 26.0 Å². The smallest absolute Gasteiger partial charge is 0.270 e. The van der Waals surface area contributed by atoms with E-state index in [1.165, 1.54) is 0 Å². The molecule has 2 N–H and O–H groups in total. The van der Waals surface area contributed by atoms with Crippen LogP contribution in [0.25, 0.3) is 0 Å². The molecule has 0 atom stereocenters. The first-order valence-corrected chi connectivity index (χ1v) is 7.61. The maximum atomic E-state index is 11.9. The molecule has 1 heterocycles. The fraction of sp³-hybridized carbons (Fsp3) is 0.267. The number of carbonyl (C=O) groups excluding carboxylic acids is 2. The molecule has 0 saturated heterocycles. The summed E-state index contributed by atoms with van der Waals surface area (Å²) in [6, 6.07) is 8.95. The van der Waals surface area contributed by atoms with Crippen molar-refractivity contribution in [1.29, 1.82) is 0 Å². The molecule has 1 aromatic heterocycles. The van der Waals surface area contributed by atoms with Gasteiger partial charge in [0.15, 0.2) is 0 Å². The first kappa shape index (κ1) is 16.2. The fourth-order valence-corrected chi connectivity index (χ4v) is 2.48. The van der Waals surface area contributed by atoms with E-state index >= 15 is 0 Å². The van der Waals surface area contributed by atoms with Crippen LogP contribution in [0.2, 0.25) is 0 Å². The minimum atomic E-state index is -0.369. The Bertz CT molecular complexity index is 697. The Morgan fingerprint density at radius 1 is 1.23 bits per heavy atom. The summed E-state index contributed by atoms with van der Waals surface area (Å²) in [5.74, 6) is -0.639. The van der Waals surface area contributed by atoms with Crippen LogP contribution in [0.1, 0.15) is 28.2 Å². The summed E-state index contributed by atoms with van der Waals surface area (Å²) in [5.41, 5.74) is 7.18. The highest BCUT2D eigenvalue weighted by molar-refractivity contribution is 9.10. The molecule has 6 nitrogen and oxygen atoms in total. The van der Waals surface area contributed by atoms with Crippen molar-refractivity contribution in [3.05, 3.63) is 51.8 Å². The third kappa shape index (κ3) is 4.17. The van der Waals surface area contributed by atoms with Gasteiger partial charge in [-0.25, -0.2) is 0 Å². The monoisotopic (exact) mass is 364 g/mol. The average Bonchev–Trinajstić information content (AvgIpc) is 2.81. The number of hydrazine groups is 1. The maximum absolute atomic E-state index is 11.9. The Morgan fingerprint density at radius 3 is 2.59 bits per heavy atom. The second-order valence-electron chi connectivity index (χ2n) is 4.88. The topological polar surface area (TPSA) is 76.0 Å². The lowest BCUT2D eigenvalue weighted by atomic mass is 10.2. The molecule has 0 aliphatic carbocycles. The van der Waals surface area contributed by atoms with E-state index in [0.29, 0.717) is 16.6 Å². The van der Waals surface area contributed by atoms with Gasteiger partial charge in [-0.2, -0.15) is 5.10 Å². The van der Waals surface area contributed by atoms with E-state index in [2.05, 4.69) is 31.9 Å². The quantitative estimate of drug-likeness (QED) is 0.815. The number of benzene rings is 1. The molecule has 1 aromatic carbocycles. The molecule has 0 saturated carbocycles. The Morgan fingerprint density at radius 2 is 1.95 bits per heavy atom. The summed E-state index contributed by atoms with van der Waals surface area (Å²) >= 11 is 3.29. The fourth-order valence-electron chi connectivity index (χ4n) is 2.01. The summed E-state index contributed by atoms with van der Waals surface area (Å²) in [6.07, 6.45) is 0.234. The van der Waals surface area contributed by atoms with Crippen molar-refractivity contribution in [3.63, 3.8) is 0 Å². The zero-order valence-electron chi connectivity index (χ0n) is 12.4. The molecular weight excluding hydrogens is 348 g/mol. The number of aromatic nitrogens is 2. The first-order valence-electron chi connectivity index (χ1n) is 6.82. The van der Waals surface area contributed by atoms with Crippen molar-refractivity contribution in [1.82, 2.24) is 20.6 Å². The van der Waals surface area contributed by atoms with Gasteiger partial charge in [-0.15, -0.1) is 0 Å². The molecule has 7 heteroatoms. The van der Waals surface area contributed by atoms with Gasteiger partial charge in [0.1, 0.15) is 0 Å². The van der Waals surface area contributed by atoms with Crippen molar-refractivity contribution in [2.75, 3.05) is 0 Å². The van der Waals surface area contributed by atoms with Gasteiger partial charge >= 0.3 is 0 Å². The second kappa shape index (κ2) is 7.22. The van der Waals surface area contributed by atoms with Crippen LogP contribution in [0.4, 0.5) is 0 Å². The van der Waals surface area contributed by atoms with Gasteiger partial charge in [-0.1, -0.05) is 12.1 Å². The molecule has 0 spiro atoms. The molecule has 0 aliphatic rings. The predicted molar refractivity (Wildman–Crippen MR) is 86.1 cm³/mol.